The van der Waals surface area contributed by atoms with Gasteiger partial charge < -0.3 is 4.74 Å². The Balaban J connectivity index is 1.41. The van der Waals surface area contributed by atoms with Crippen molar-refractivity contribution in [2.75, 3.05) is 6.61 Å². The van der Waals surface area contributed by atoms with Crippen LogP contribution in [0.1, 0.15) is 26.7 Å². The quantitative estimate of drug-likeness (QED) is 0.285. The molecule has 0 fully saturated rings. The SMILES string of the molecule is CCC(C)CCOc1ccc(-c2ccc(-c3ccc(-c4ccccc4)cc3)cc2)cc1. The lowest BCUT2D eigenvalue weighted by Crippen LogP contribution is -2.03. The molecular weight excluding hydrogens is 376 g/mol. The summed E-state index contributed by atoms with van der Waals surface area (Å²) < 4.78 is 5.89. The monoisotopic (exact) mass is 406 g/mol. The molecule has 0 heterocycles. The highest BCUT2D eigenvalue weighted by atomic mass is 16.5. The molecule has 0 radical (unpaired) electrons. The third-order valence-electron chi connectivity index (χ3n) is 5.97. The molecule has 156 valence electrons. The van der Waals surface area contributed by atoms with Crippen molar-refractivity contribution in [1.29, 1.82) is 0 Å². The Bertz CT molecular complexity index is 1060. The van der Waals surface area contributed by atoms with E-state index >= 15 is 0 Å². The van der Waals surface area contributed by atoms with Crippen molar-refractivity contribution in [3.63, 3.8) is 0 Å². The van der Waals surface area contributed by atoms with Crippen LogP contribution in [0.3, 0.4) is 0 Å². The second-order valence-corrected chi connectivity index (χ2v) is 8.20. The van der Waals surface area contributed by atoms with E-state index in [1.54, 1.807) is 0 Å². The molecule has 0 aliphatic carbocycles. The van der Waals surface area contributed by atoms with Crippen molar-refractivity contribution in [2.45, 2.75) is 26.7 Å². The highest BCUT2D eigenvalue weighted by Crippen LogP contribution is 2.28. The maximum atomic E-state index is 5.89. The molecule has 4 aromatic rings. The van der Waals surface area contributed by atoms with Gasteiger partial charge in [0.05, 0.1) is 6.61 Å². The van der Waals surface area contributed by atoms with E-state index in [9.17, 15) is 0 Å². The highest BCUT2D eigenvalue weighted by molar-refractivity contribution is 5.73. The Morgan fingerprint density at radius 2 is 0.935 bits per heavy atom. The van der Waals surface area contributed by atoms with Crippen molar-refractivity contribution in [3.8, 4) is 39.1 Å². The first kappa shape index (κ1) is 20.9. The first-order valence-electron chi connectivity index (χ1n) is 11.2. The molecule has 1 atom stereocenters. The summed E-state index contributed by atoms with van der Waals surface area (Å²) in [7, 11) is 0. The summed E-state index contributed by atoms with van der Waals surface area (Å²) in [6, 6.07) is 36.5. The zero-order valence-electron chi connectivity index (χ0n) is 18.4. The van der Waals surface area contributed by atoms with Gasteiger partial charge >= 0.3 is 0 Å². The van der Waals surface area contributed by atoms with E-state index in [0.29, 0.717) is 5.92 Å². The average Bonchev–Trinajstić information content (AvgIpc) is 2.85. The van der Waals surface area contributed by atoms with Crippen LogP contribution in [0.5, 0.6) is 5.75 Å². The van der Waals surface area contributed by atoms with Gasteiger partial charge in [0.2, 0.25) is 0 Å². The summed E-state index contributed by atoms with van der Waals surface area (Å²) in [6.07, 6.45) is 2.31. The molecule has 0 aromatic heterocycles. The van der Waals surface area contributed by atoms with Crippen LogP contribution < -0.4 is 4.74 Å². The van der Waals surface area contributed by atoms with E-state index < -0.39 is 0 Å². The summed E-state index contributed by atoms with van der Waals surface area (Å²) in [6.45, 7) is 5.28. The van der Waals surface area contributed by atoms with Crippen LogP contribution in [0.25, 0.3) is 33.4 Å². The molecule has 0 spiro atoms. The fourth-order valence-electron chi connectivity index (χ4n) is 3.67. The van der Waals surface area contributed by atoms with Crippen LogP contribution >= 0.6 is 0 Å². The zero-order valence-corrected chi connectivity index (χ0v) is 18.4. The van der Waals surface area contributed by atoms with Gasteiger partial charge in [-0.15, -0.1) is 0 Å². The lowest BCUT2D eigenvalue weighted by atomic mass is 9.98. The first-order chi connectivity index (χ1) is 15.2. The second kappa shape index (κ2) is 10.1. The Hall–Kier alpha value is -3.32. The lowest BCUT2D eigenvalue weighted by molar-refractivity contribution is 0.282. The van der Waals surface area contributed by atoms with Crippen molar-refractivity contribution >= 4 is 0 Å². The second-order valence-electron chi connectivity index (χ2n) is 8.20. The van der Waals surface area contributed by atoms with Crippen LogP contribution in [0.2, 0.25) is 0 Å². The molecule has 0 aliphatic heterocycles. The number of hydrogen-bond donors (Lipinski definition) is 0. The number of ether oxygens (including phenoxy) is 1. The van der Waals surface area contributed by atoms with Gasteiger partial charge in [0, 0.05) is 0 Å². The Morgan fingerprint density at radius 1 is 0.548 bits per heavy atom. The molecule has 1 unspecified atom stereocenters. The van der Waals surface area contributed by atoms with Gasteiger partial charge in [-0.2, -0.15) is 0 Å². The smallest absolute Gasteiger partial charge is 0.119 e. The third-order valence-corrected chi connectivity index (χ3v) is 5.97. The fraction of sp³-hybridized carbons (Fsp3) is 0.200. The minimum atomic E-state index is 0.715. The van der Waals surface area contributed by atoms with Gasteiger partial charge in [0.15, 0.2) is 0 Å². The normalized spacial score (nSPS) is 11.8. The lowest BCUT2D eigenvalue weighted by Gasteiger charge is -2.11. The zero-order chi connectivity index (χ0) is 21.5. The molecule has 31 heavy (non-hydrogen) atoms. The molecule has 1 nitrogen and oxygen atoms in total. The fourth-order valence-corrected chi connectivity index (χ4v) is 3.67. The van der Waals surface area contributed by atoms with Gasteiger partial charge in [0.25, 0.3) is 0 Å². The van der Waals surface area contributed by atoms with E-state index in [1.165, 1.54) is 39.8 Å². The highest BCUT2D eigenvalue weighted by Gasteiger charge is 2.04. The number of rotatable bonds is 8. The summed E-state index contributed by atoms with van der Waals surface area (Å²) in [5.74, 6) is 1.66. The molecule has 0 saturated heterocycles. The molecule has 1 heteroatoms. The van der Waals surface area contributed by atoms with E-state index in [2.05, 4.69) is 111 Å². The van der Waals surface area contributed by atoms with Crippen LogP contribution in [0.15, 0.2) is 103 Å². The van der Waals surface area contributed by atoms with Crippen molar-refractivity contribution in [1.82, 2.24) is 0 Å². The van der Waals surface area contributed by atoms with Crippen molar-refractivity contribution in [3.05, 3.63) is 103 Å². The number of hydrogen-bond acceptors (Lipinski definition) is 1. The van der Waals surface area contributed by atoms with Gasteiger partial charge in [-0.25, -0.2) is 0 Å². The van der Waals surface area contributed by atoms with Gasteiger partial charge in [-0.1, -0.05) is 111 Å². The van der Waals surface area contributed by atoms with Gasteiger partial charge in [-0.3, -0.25) is 0 Å². The summed E-state index contributed by atoms with van der Waals surface area (Å²) in [5.41, 5.74) is 7.38. The minimum Gasteiger partial charge on any atom is -0.494 e. The maximum Gasteiger partial charge on any atom is 0.119 e. The van der Waals surface area contributed by atoms with Crippen molar-refractivity contribution < 1.29 is 4.74 Å². The van der Waals surface area contributed by atoms with Crippen LogP contribution in [-0.4, -0.2) is 6.61 Å². The largest absolute Gasteiger partial charge is 0.494 e. The molecule has 4 rings (SSSR count). The third kappa shape index (κ3) is 5.44. The molecule has 0 saturated carbocycles. The van der Waals surface area contributed by atoms with Crippen LogP contribution in [0, 0.1) is 5.92 Å². The standard InChI is InChI=1S/C30H30O/c1-3-23(2)21-22-31-30-19-17-29(18-20-30)28-15-13-27(14-16-28)26-11-9-25(10-12-26)24-7-5-4-6-8-24/h4-20,23H,3,21-22H2,1-2H3. The molecular formula is C30H30O. The minimum absolute atomic E-state index is 0.715. The predicted molar refractivity (Wildman–Crippen MR) is 132 cm³/mol. The van der Waals surface area contributed by atoms with E-state index in [1.807, 2.05) is 6.07 Å². The Labute approximate surface area is 186 Å². The van der Waals surface area contributed by atoms with E-state index in [-0.39, 0.29) is 0 Å². The Kier molecular flexibility index (Phi) is 6.84. The van der Waals surface area contributed by atoms with Gasteiger partial charge in [-0.05, 0) is 57.9 Å². The topological polar surface area (TPSA) is 9.23 Å². The molecule has 0 amide bonds. The molecule has 0 N–H and O–H groups in total. The molecule has 0 bridgehead atoms. The summed E-state index contributed by atoms with van der Waals surface area (Å²) in [5, 5.41) is 0. The van der Waals surface area contributed by atoms with Crippen molar-refractivity contribution in [2.24, 2.45) is 5.92 Å². The molecule has 4 aromatic carbocycles. The van der Waals surface area contributed by atoms with Crippen LogP contribution in [-0.2, 0) is 0 Å². The predicted octanol–water partition coefficient (Wildman–Crippen LogP) is 8.50. The summed E-state index contributed by atoms with van der Waals surface area (Å²) >= 11 is 0. The Morgan fingerprint density at radius 3 is 1.35 bits per heavy atom. The van der Waals surface area contributed by atoms with E-state index in [4.69, 9.17) is 4.74 Å². The summed E-state index contributed by atoms with van der Waals surface area (Å²) in [4.78, 5) is 0. The average molecular weight is 407 g/mol. The first-order valence-corrected chi connectivity index (χ1v) is 11.2. The number of benzene rings is 4. The van der Waals surface area contributed by atoms with Crippen LogP contribution in [0.4, 0.5) is 0 Å². The van der Waals surface area contributed by atoms with E-state index in [0.717, 1.165) is 18.8 Å². The van der Waals surface area contributed by atoms with Gasteiger partial charge in [0.1, 0.15) is 5.75 Å². The maximum absolute atomic E-state index is 5.89. The molecule has 0 aliphatic rings.